The van der Waals surface area contributed by atoms with Crippen molar-refractivity contribution in [2.75, 3.05) is 39.3 Å². The Kier molecular flexibility index (Phi) is 6.01. The highest BCUT2D eigenvalue weighted by atomic mass is 16.2. The van der Waals surface area contributed by atoms with Crippen molar-refractivity contribution in [2.45, 2.75) is 52.7 Å². The smallest absolute Gasteiger partial charge is 0.219 e. The van der Waals surface area contributed by atoms with E-state index in [2.05, 4.69) is 39.2 Å². The van der Waals surface area contributed by atoms with E-state index in [1.807, 2.05) is 9.58 Å². The summed E-state index contributed by atoms with van der Waals surface area (Å²) in [6.45, 7) is 13.8. The fourth-order valence-corrected chi connectivity index (χ4v) is 4.16. The first-order chi connectivity index (χ1) is 12.1. The summed E-state index contributed by atoms with van der Waals surface area (Å²) in [5.41, 5.74) is 0. The monoisotopic (exact) mass is 349 g/mol. The van der Waals surface area contributed by atoms with E-state index in [1.165, 1.54) is 0 Å². The number of aryl methyl sites for hydroxylation is 1. The van der Waals surface area contributed by atoms with E-state index in [0.29, 0.717) is 12.0 Å². The van der Waals surface area contributed by atoms with Crippen LogP contribution >= 0.6 is 0 Å². The highest BCUT2D eigenvalue weighted by Crippen LogP contribution is 2.24. The van der Waals surface area contributed by atoms with Gasteiger partial charge >= 0.3 is 0 Å². The number of hydrogen-bond donors (Lipinski definition) is 0. The molecule has 0 unspecified atom stereocenters. The number of rotatable bonds is 5. The van der Waals surface area contributed by atoms with Crippen molar-refractivity contribution in [2.24, 2.45) is 5.92 Å². The van der Waals surface area contributed by atoms with Gasteiger partial charge in [-0.3, -0.25) is 14.6 Å². The molecule has 8 nitrogen and oxygen atoms in total. The molecular weight excluding hydrogens is 318 g/mol. The second-order valence-corrected chi connectivity index (χ2v) is 7.45. The van der Waals surface area contributed by atoms with Crippen molar-refractivity contribution in [3.8, 4) is 0 Å². The first-order valence-corrected chi connectivity index (χ1v) is 9.55. The van der Waals surface area contributed by atoms with Gasteiger partial charge in [0, 0.05) is 58.8 Å². The Morgan fingerprint density at radius 2 is 2.04 bits per heavy atom. The number of tetrazole rings is 1. The molecule has 0 radical (unpaired) electrons. The maximum absolute atomic E-state index is 11.6. The van der Waals surface area contributed by atoms with E-state index in [1.54, 1.807) is 6.92 Å². The molecule has 8 heteroatoms. The Hall–Kier alpha value is -1.54. The van der Waals surface area contributed by atoms with E-state index < -0.39 is 0 Å². The van der Waals surface area contributed by atoms with Crippen LogP contribution in [0.4, 0.5) is 0 Å². The fraction of sp³-hybridized carbons (Fsp3) is 0.882. The second-order valence-electron chi connectivity index (χ2n) is 7.45. The SMILES string of the molecule is CCCn1nnnc1CN1C[C@@H](N2CCCN(C(C)=O)CC2)[C@@H](C)C1. The van der Waals surface area contributed by atoms with Crippen LogP contribution in [-0.4, -0.2) is 86.1 Å². The molecule has 1 aromatic rings. The third-order valence-electron chi connectivity index (χ3n) is 5.50. The molecule has 25 heavy (non-hydrogen) atoms. The van der Waals surface area contributed by atoms with Gasteiger partial charge in [-0.15, -0.1) is 5.10 Å². The number of carbonyl (C=O) groups is 1. The van der Waals surface area contributed by atoms with Crippen LogP contribution in [0.15, 0.2) is 0 Å². The Balaban J connectivity index is 1.57. The summed E-state index contributed by atoms with van der Waals surface area (Å²) in [7, 11) is 0. The average Bonchev–Trinajstić information content (AvgIpc) is 3.06. The molecule has 2 saturated heterocycles. The van der Waals surface area contributed by atoms with Crippen LogP contribution in [0.3, 0.4) is 0 Å². The number of carbonyl (C=O) groups excluding carboxylic acids is 1. The minimum absolute atomic E-state index is 0.200. The average molecular weight is 349 g/mol. The topological polar surface area (TPSA) is 70.4 Å². The summed E-state index contributed by atoms with van der Waals surface area (Å²) in [5, 5.41) is 12.1. The predicted molar refractivity (Wildman–Crippen MR) is 94.8 cm³/mol. The van der Waals surface area contributed by atoms with Gasteiger partial charge in [-0.2, -0.15) is 0 Å². The lowest BCUT2D eigenvalue weighted by Gasteiger charge is -2.30. The lowest BCUT2D eigenvalue weighted by Crippen LogP contribution is -2.43. The number of nitrogens with zero attached hydrogens (tertiary/aromatic N) is 7. The third kappa shape index (κ3) is 4.36. The van der Waals surface area contributed by atoms with Gasteiger partial charge in [-0.05, 0) is 29.2 Å². The van der Waals surface area contributed by atoms with Crippen molar-refractivity contribution in [1.82, 2.24) is 34.9 Å². The first-order valence-electron chi connectivity index (χ1n) is 9.55. The molecule has 140 valence electrons. The second kappa shape index (κ2) is 8.23. The van der Waals surface area contributed by atoms with Gasteiger partial charge in [0.2, 0.25) is 5.91 Å². The van der Waals surface area contributed by atoms with E-state index in [0.717, 1.165) is 71.0 Å². The highest BCUT2D eigenvalue weighted by molar-refractivity contribution is 5.73. The third-order valence-corrected chi connectivity index (χ3v) is 5.50. The summed E-state index contributed by atoms with van der Waals surface area (Å²) < 4.78 is 1.93. The van der Waals surface area contributed by atoms with Gasteiger partial charge in [-0.25, -0.2) is 4.68 Å². The molecule has 0 bridgehead atoms. The van der Waals surface area contributed by atoms with Crippen molar-refractivity contribution < 1.29 is 4.79 Å². The standard InChI is InChI=1S/C17H31N7O/c1-4-6-24-17(18-19-20-24)13-21-11-14(2)16(12-21)23-8-5-7-22(9-10-23)15(3)25/h14,16H,4-13H2,1-3H3/t14-,16+/m0/s1. The fourth-order valence-electron chi connectivity index (χ4n) is 4.16. The molecule has 1 aromatic heterocycles. The quantitative estimate of drug-likeness (QED) is 0.769. The number of likely N-dealkylation sites (tertiary alicyclic amines) is 1. The summed E-state index contributed by atoms with van der Waals surface area (Å²) >= 11 is 0. The molecule has 1 amide bonds. The van der Waals surface area contributed by atoms with Crippen LogP contribution in [-0.2, 0) is 17.9 Å². The van der Waals surface area contributed by atoms with Crippen LogP contribution < -0.4 is 0 Å². The zero-order valence-electron chi connectivity index (χ0n) is 15.8. The van der Waals surface area contributed by atoms with Crippen molar-refractivity contribution >= 4 is 5.91 Å². The number of aromatic nitrogens is 4. The highest BCUT2D eigenvalue weighted by Gasteiger charge is 2.35. The summed E-state index contributed by atoms with van der Waals surface area (Å²) in [4.78, 5) is 18.7. The molecule has 2 aliphatic rings. The van der Waals surface area contributed by atoms with Gasteiger partial charge in [0.25, 0.3) is 0 Å². The van der Waals surface area contributed by atoms with Crippen LogP contribution in [0.1, 0.15) is 39.4 Å². The zero-order chi connectivity index (χ0) is 17.8. The van der Waals surface area contributed by atoms with E-state index in [9.17, 15) is 4.79 Å². The Morgan fingerprint density at radius 1 is 1.20 bits per heavy atom. The van der Waals surface area contributed by atoms with Crippen LogP contribution in [0.25, 0.3) is 0 Å². The van der Waals surface area contributed by atoms with E-state index in [-0.39, 0.29) is 5.91 Å². The maximum atomic E-state index is 11.6. The van der Waals surface area contributed by atoms with Gasteiger partial charge in [-0.1, -0.05) is 13.8 Å². The van der Waals surface area contributed by atoms with Crippen LogP contribution in [0.2, 0.25) is 0 Å². The Bertz CT molecular complexity index is 575. The molecule has 0 spiro atoms. The predicted octanol–water partition coefficient (Wildman–Crippen LogP) is 0.458. The summed E-state index contributed by atoms with van der Waals surface area (Å²) in [5.74, 6) is 1.79. The molecule has 2 fully saturated rings. The van der Waals surface area contributed by atoms with E-state index >= 15 is 0 Å². The van der Waals surface area contributed by atoms with E-state index in [4.69, 9.17) is 0 Å². The lowest BCUT2D eigenvalue weighted by atomic mass is 10.0. The minimum atomic E-state index is 0.200. The van der Waals surface area contributed by atoms with Gasteiger partial charge in [0.1, 0.15) is 0 Å². The molecule has 3 rings (SSSR count). The van der Waals surface area contributed by atoms with Gasteiger partial charge < -0.3 is 4.90 Å². The van der Waals surface area contributed by atoms with Crippen LogP contribution in [0, 0.1) is 5.92 Å². The molecule has 0 aliphatic carbocycles. The number of hydrogen-bond acceptors (Lipinski definition) is 6. The molecule has 0 N–H and O–H groups in total. The normalized spacial score (nSPS) is 26.1. The number of amides is 1. The molecule has 3 heterocycles. The zero-order valence-corrected chi connectivity index (χ0v) is 15.8. The molecule has 0 saturated carbocycles. The molecule has 0 aromatic carbocycles. The van der Waals surface area contributed by atoms with Gasteiger partial charge in [0.05, 0.1) is 6.54 Å². The lowest BCUT2D eigenvalue weighted by molar-refractivity contribution is -0.128. The minimum Gasteiger partial charge on any atom is -0.342 e. The summed E-state index contributed by atoms with van der Waals surface area (Å²) in [6.07, 6.45) is 2.11. The maximum Gasteiger partial charge on any atom is 0.219 e. The Labute approximate surface area is 150 Å². The molecule has 2 atom stereocenters. The van der Waals surface area contributed by atoms with Crippen LogP contribution in [0.5, 0.6) is 0 Å². The first kappa shape index (κ1) is 18.3. The Morgan fingerprint density at radius 3 is 2.80 bits per heavy atom. The van der Waals surface area contributed by atoms with Crippen molar-refractivity contribution in [3.63, 3.8) is 0 Å². The molecular formula is C17H31N7O. The van der Waals surface area contributed by atoms with Gasteiger partial charge in [0.15, 0.2) is 5.82 Å². The van der Waals surface area contributed by atoms with Crippen molar-refractivity contribution in [3.05, 3.63) is 5.82 Å². The molecule has 2 aliphatic heterocycles. The largest absolute Gasteiger partial charge is 0.342 e. The van der Waals surface area contributed by atoms with Crippen molar-refractivity contribution in [1.29, 1.82) is 0 Å². The summed E-state index contributed by atoms with van der Waals surface area (Å²) in [6, 6.07) is 0.558.